The van der Waals surface area contributed by atoms with Crippen LogP contribution in [0.2, 0.25) is 0 Å². The maximum Gasteiger partial charge on any atom is 0.247 e. The van der Waals surface area contributed by atoms with Crippen LogP contribution in [0.1, 0.15) is 34.1 Å². The van der Waals surface area contributed by atoms with Gasteiger partial charge in [0.1, 0.15) is 0 Å². The van der Waals surface area contributed by atoms with Crippen LogP contribution in [0, 0.1) is 5.92 Å². The molecule has 1 N–H and O–H groups in total. The zero-order valence-corrected chi connectivity index (χ0v) is 14.7. The van der Waals surface area contributed by atoms with Gasteiger partial charge in [-0.1, -0.05) is 20.8 Å². The average Bonchev–Trinajstić information content (AvgIpc) is 2.49. The van der Waals surface area contributed by atoms with Gasteiger partial charge < -0.3 is 10.2 Å². The van der Waals surface area contributed by atoms with Gasteiger partial charge in [0.15, 0.2) is 11.0 Å². The molecule has 0 aromatic rings. The number of nitrogens with one attached hydrogen (secondary N) is 1. The highest BCUT2D eigenvalue weighted by atomic mass is 32.1. The van der Waals surface area contributed by atoms with Crippen LogP contribution in [0.5, 0.6) is 0 Å². The highest BCUT2D eigenvalue weighted by Crippen LogP contribution is 2.14. The molecule has 22 heavy (non-hydrogen) atoms. The first-order chi connectivity index (χ1) is 10.5. The van der Waals surface area contributed by atoms with Gasteiger partial charge in [0.05, 0.1) is 6.54 Å². The minimum atomic E-state index is -0.877. The van der Waals surface area contributed by atoms with E-state index in [4.69, 9.17) is 12.2 Å². The molecular formula is C15H26N4O2S. The lowest BCUT2D eigenvalue weighted by atomic mass is 10.0. The third-order valence-electron chi connectivity index (χ3n) is 3.96. The Hall–Kier alpha value is -1.34. The van der Waals surface area contributed by atoms with Gasteiger partial charge in [-0.2, -0.15) is 0 Å². The number of amides is 2. The third kappa shape index (κ3) is 4.58. The van der Waals surface area contributed by atoms with Crippen LogP contribution >= 0.6 is 12.2 Å². The lowest BCUT2D eigenvalue weighted by Gasteiger charge is -2.34. The Bertz CT molecular complexity index is 449. The van der Waals surface area contributed by atoms with Gasteiger partial charge in [-0.25, -0.2) is 0 Å². The summed E-state index contributed by atoms with van der Waals surface area (Å²) in [7, 11) is 0. The fourth-order valence-corrected chi connectivity index (χ4v) is 2.63. The highest BCUT2D eigenvalue weighted by molar-refractivity contribution is 7.80. The minimum Gasteiger partial charge on any atom is -0.302 e. The van der Waals surface area contributed by atoms with Crippen molar-refractivity contribution in [3.05, 3.63) is 0 Å². The first-order valence-electron chi connectivity index (χ1n) is 7.86. The zero-order valence-electron chi connectivity index (χ0n) is 13.8. The molecule has 124 valence electrons. The summed E-state index contributed by atoms with van der Waals surface area (Å²) in [6.07, 6.45) is 2.23. The number of nitrogens with zero attached hydrogens (tertiary/aromatic N) is 3. The molecule has 1 aliphatic heterocycles. The van der Waals surface area contributed by atoms with Crippen molar-refractivity contribution in [3.63, 3.8) is 0 Å². The maximum absolute atomic E-state index is 12.5. The summed E-state index contributed by atoms with van der Waals surface area (Å²) in [4.78, 5) is 32.4. The minimum absolute atomic E-state index is 0.0350. The first kappa shape index (κ1) is 18.7. The third-order valence-corrected chi connectivity index (χ3v) is 4.26. The van der Waals surface area contributed by atoms with Gasteiger partial charge >= 0.3 is 0 Å². The van der Waals surface area contributed by atoms with Crippen LogP contribution < -0.4 is 5.32 Å². The quantitative estimate of drug-likeness (QED) is 0.411. The van der Waals surface area contributed by atoms with Gasteiger partial charge in [0.2, 0.25) is 11.8 Å². The molecule has 1 fully saturated rings. The van der Waals surface area contributed by atoms with Crippen LogP contribution in [0.15, 0.2) is 4.99 Å². The summed E-state index contributed by atoms with van der Waals surface area (Å²) in [5, 5.41) is 2.78. The second-order valence-electron chi connectivity index (χ2n) is 5.32. The van der Waals surface area contributed by atoms with E-state index in [9.17, 15) is 9.59 Å². The second kappa shape index (κ2) is 8.95. The number of rotatable bonds is 8. The van der Waals surface area contributed by atoms with Crippen molar-refractivity contribution in [2.45, 2.75) is 40.2 Å². The summed E-state index contributed by atoms with van der Waals surface area (Å²) in [5.41, 5.74) is 0. The Morgan fingerprint density at radius 3 is 2.55 bits per heavy atom. The van der Waals surface area contributed by atoms with E-state index in [0.29, 0.717) is 6.54 Å². The topological polar surface area (TPSA) is 65.0 Å². The molecule has 0 unspecified atom stereocenters. The monoisotopic (exact) mass is 326 g/mol. The lowest BCUT2D eigenvalue weighted by molar-refractivity contribution is -0.139. The largest absolute Gasteiger partial charge is 0.302 e. The van der Waals surface area contributed by atoms with Crippen molar-refractivity contribution in [2.75, 3.05) is 26.2 Å². The Balaban J connectivity index is 2.70. The van der Waals surface area contributed by atoms with Crippen molar-refractivity contribution in [1.29, 1.82) is 0 Å². The fourth-order valence-electron chi connectivity index (χ4n) is 2.26. The van der Waals surface area contributed by atoms with E-state index in [0.717, 1.165) is 26.1 Å². The molecule has 0 spiro atoms. The summed E-state index contributed by atoms with van der Waals surface area (Å²) >= 11 is 5.10. The van der Waals surface area contributed by atoms with Gasteiger partial charge in [0.25, 0.3) is 0 Å². The van der Waals surface area contributed by atoms with E-state index < -0.39 is 5.92 Å². The molecular weight excluding hydrogens is 300 g/mol. The number of hydrogen-bond donors (Lipinski definition) is 1. The first-order valence-corrected chi connectivity index (χ1v) is 8.27. The van der Waals surface area contributed by atoms with Crippen LogP contribution in [0.4, 0.5) is 0 Å². The predicted molar refractivity (Wildman–Crippen MR) is 92.0 cm³/mol. The average molecular weight is 326 g/mol. The number of thiocarbonyl (C=S) groups is 1. The molecule has 1 rings (SSSR count). The molecule has 0 aliphatic carbocycles. The molecule has 1 heterocycles. The van der Waals surface area contributed by atoms with Crippen molar-refractivity contribution in [3.8, 4) is 0 Å². The Morgan fingerprint density at radius 1 is 1.36 bits per heavy atom. The molecule has 0 bridgehead atoms. The highest BCUT2D eigenvalue weighted by Gasteiger charge is 2.39. The molecule has 6 nitrogen and oxygen atoms in total. The number of likely N-dealkylation sites (N-methyl/N-ethyl adjacent to an activating group) is 1. The van der Waals surface area contributed by atoms with Gasteiger partial charge in [-0.05, 0) is 38.7 Å². The number of hydrogen-bond acceptors (Lipinski definition) is 5. The van der Waals surface area contributed by atoms with Crippen LogP contribution in [0.3, 0.4) is 0 Å². The van der Waals surface area contributed by atoms with E-state index in [1.54, 1.807) is 0 Å². The maximum atomic E-state index is 12.5. The molecule has 2 amide bonds. The van der Waals surface area contributed by atoms with Gasteiger partial charge in [-0.15, -0.1) is 0 Å². The van der Waals surface area contributed by atoms with Crippen molar-refractivity contribution in [1.82, 2.24) is 15.1 Å². The Kier molecular flexibility index (Phi) is 7.61. The number of carbonyl (C=O) groups excluding carboxylic acids is 2. The standard InChI is InChI=1S/C15H26N4O2S/c1-5-11(4)19-14(21)12(13(20)17-15(19)22)10-16-8-9-18(6-2)7-3/h10-12H,5-9H2,1-4H3,(H,17,20,22)/t11-,12+/m1/s1. The van der Waals surface area contributed by atoms with E-state index >= 15 is 0 Å². The van der Waals surface area contributed by atoms with Crippen LogP contribution in [0.25, 0.3) is 0 Å². The second-order valence-corrected chi connectivity index (χ2v) is 5.71. The molecule has 0 saturated carbocycles. The van der Waals surface area contributed by atoms with Crippen molar-refractivity contribution in [2.24, 2.45) is 10.9 Å². The Labute approximate surface area is 137 Å². The lowest BCUT2D eigenvalue weighted by Crippen LogP contribution is -2.60. The molecule has 1 aliphatic rings. The van der Waals surface area contributed by atoms with Gasteiger partial charge in [-0.3, -0.25) is 19.5 Å². The number of carbonyl (C=O) groups is 2. The molecule has 2 atom stereocenters. The fraction of sp³-hybridized carbons (Fsp3) is 0.733. The molecule has 7 heteroatoms. The molecule has 0 aromatic carbocycles. The SMILES string of the molecule is CC[C@@H](C)N1C(=O)[C@@H](C=NCCN(CC)CC)C(=O)NC1=S. The summed E-state index contributed by atoms with van der Waals surface area (Å²) in [6.45, 7) is 11.4. The summed E-state index contributed by atoms with van der Waals surface area (Å²) in [5.74, 6) is -1.55. The summed E-state index contributed by atoms with van der Waals surface area (Å²) in [6, 6.07) is -0.0350. The Morgan fingerprint density at radius 2 is 2.00 bits per heavy atom. The van der Waals surface area contributed by atoms with E-state index in [2.05, 4.69) is 29.1 Å². The molecule has 1 saturated heterocycles. The summed E-state index contributed by atoms with van der Waals surface area (Å²) < 4.78 is 0. The molecule has 0 aromatic heterocycles. The van der Waals surface area contributed by atoms with Crippen LogP contribution in [-0.4, -0.2) is 65.2 Å². The molecule has 0 radical (unpaired) electrons. The van der Waals surface area contributed by atoms with Crippen LogP contribution in [-0.2, 0) is 9.59 Å². The zero-order chi connectivity index (χ0) is 16.7. The van der Waals surface area contributed by atoms with E-state index in [-0.39, 0.29) is 23.0 Å². The van der Waals surface area contributed by atoms with Gasteiger partial charge in [0, 0.05) is 18.8 Å². The smallest absolute Gasteiger partial charge is 0.247 e. The van der Waals surface area contributed by atoms with Crippen molar-refractivity contribution >= 4 is 35.4 Å². The normalized spacial score (nSPS) is 20.9. The van der Waals surface area contributed by atoms with E-state index in [1.165, 1.54) is 11.1 Å². The van der Waals surface area contributed by atoms with Crippen molar-refractivity contribution < 1.29 is 9.59 Å². The number of aliphatic imine (C=N–C) groups is 1. The van der Waals surface area contributed by atoms with E-state index in [1.807, 2.05) is 13.8 Å². The predicted octanol–water partition coefficient (Wildman–Crippen LogP) is 1.06.